The Morgan fingerprint density at radius 3 is 2.13 bits per heavy atom. The van der Waals surface area contributed by atoms with Crippen molar-refractivity contribution < 1.29 is 21.7 Å². The van der Waals surface area contributed by atoms with Gasteiger partial charge in [-0.1, -0.05) is 86.6 Å². The Bertz CT molecular complexity index is 395. The Morgan fingerprint density at radius 1 is 1.06 bits per heavy atom. The number of unbranched alkanes of at least 4 members (excludes halogenated alkanes) is 4. The first kappa shape index (κ1) is 37.8. The Morgan fingerprint density at radius 2 is 1.65 bits per heavy atom. The van der Waals surface area contributed by atoms with Gasteiger partial charge in [0.15, 0.2) is 0 Å². The molecule has 2 N–H and O–H groups in total. The molecule has 0 aromatic heterocycles. The summed E-state index contributed by atoms with van der Waals surface area (Å²) in [7, 11) is 3.83. The second kappa shape index (κ2) is 34.1. The molecule has 1 aliphatic carbocycles. The zero-order valence-corrected chi connectivity index (χ0v) is 23.0. The molecule has 0 aromatic carbocycles. The summed E-state index contributed by atoms with van der Waals surface area (Å²) in [5.41, 5.74) is 2.58. The molecule has 1 aliphatic rings. The summed E-state index contributed by atoms with van der Waals surface area (Å²) in [5.74, 6) is 0. The molecule has 1 unspecified atom stereocenters. The van der Waals surface area contributed by atoms with E-state index in [9.17, 15) is 0 Å². The standard InChI is InChI=1S/C18H34N2O.C3H8.C3H6.C2H6.CH4.V/c1-4-5-6-7-8-11-16(21-3)14-15-20-18-13-10-9-12-17(18)19-2;2*1-3-2;1-2;;/h9,12,16,19-20H,4-8,10-11,13-15H2,1-3H3;3H2,1-2H3;1H,3H2,2H3;1-2H3;1H4;. The van der Waals surface area contributed by atoms with Crippen molar-refractivity contribution in [1.29, 1.82) is 0 Å². The molecule has 0 aliphatic heterocycles. The van der Waals surface area contributed by atoms with Gasteiger partial charge in [-0.05, 0) is 31.8 Å². The van der Waals surface area contributed by atoms with Crippen LogP contribution in [0.25, 0.3) is 0 Å². The first-order chi connectivity index (χ1) is 14.6. The van der Waals surface area contributed by atoms with Gasteiger partial charge in [0.2, 0.25) is 0 Å². The van der Waals surface area contributed by atoms with Gasteiger partial charge in [-0.2, -0.15) is 0 Å². The van der Waals surface area contributed by atoms with Crippen LogP contribution >= 0.6 is 0 Å². The molecule has 0 saturated heterocycles. The third-order valence-corrected chi connectivity index (χ3v) is 4.96. The quantitative estimate of drug-likeness (QED) is 0.264. The average molecular weight is 478 g/mol. The zero-order chi connectivity index (χ0) is 23.5. The van der Waals surface area contributed by atoms with Gasteiger partial charge in [-0.3, -0.25) is 0 Å². The Labute approximate surface area is 206 Å². The van der Waals surface area contributed by atoms with Crippen molar-refractivity contribution in [3.05, 3.63) is 23.5 Å². The van der Waals surface area contributed by atoms with Crippen LogP contribution in [0.4, 0.5) is 0 Å². The number of ether oxygens (including phenoxy) is 1. The second-order valence-electron chi connectivity index (χ2n) is 7.16. The van der Waals surface area contributed by atoms with Crippen molar-refractivity contribution in [2.75, 3.05) is 20.7 Å². The van der Waals surface area contributed by atoms with Crippen molar-refractivity contribution >= 4 is 4.73 Å². The van der Waals surface area contributed by atoms with E-state index in [1.807, 2.05) is 28.0 Å². The van der Waals surface area contributed by atoms with E-state index in [0.717, 1.165) is 25.8 Å². The molecule has 0 saturated carbocycles. The summed E-state index contributed by atoms with van der Waals surface area (Å²) in [6.07, 6.45) is 18.5. The van der Waals surface area contributed by atoms with E-state index >= 15 is 0 Å². The molecular formula is C27H58N2OV. The number of methoxy groups -OCH3 is 1. The molecule has 187 valence electrons. The predicted molar refractivity (Wildman–Crippen MR) is 142 cm³/mol. The van der Waals surface area contributed by atoms with Crippen LogP contribution in [0.5, 0.6) is 0 Å². The van der Waals surface area contributed by atoms with Crippen LogP contribution in [0.2, 0.25) is 0 Å². The fourth-order valence-electron chi connectivity index (χ4n) is 2.82. The minimum atomic E-state index is 0. The van der Waals surface area contributed by atoms with Crippen molar-refractivity contribution in [3.8, 4) is 0 Å². The van der Waals surface area contributed by atoms with Gasteiger partial charge < -0.3 is 15.4 Å². The number of rotatable bonds is 13. The van der Waals surface area contributed by atoms with E-state index in [0.29, 0.717) is 6.10 Å². The van der Waals surface area contributed by atoms with Crippen molar-refractivity contribution in [1.82, 2.24) is 10.6 Å². The van der Waals surface area contributed by atoms with Crippen LogP contribution in [-0.4, -0.2) is 31.5 Å². The SMILES string of the molecule is C.CC.CCC.CCCCCCCC(CCNC1=C(NC)C=CCC1)OC.CC[CH]=[V]. The first-order valence-electron chi connectivity index (χ1n) is 12.4. The Hall–Kier alpha value is -0.506. The summed E-state index contributed by atoms with van der Waals surface area (Å²) in [4.78, 5) is 0. The summed E-state index contributed by atoms with van der Waals surface area (Å²) in [6, 6.07) is 0. The molecule has 1 atom stereocenters. The molecule has 0 heterocycles. The summed E-state index contributed by atoms with van der Waals surface area (Å²) in [6.45, 7) is 13.6. The van der Waals surface area contributed by atoms with Crippen LogP contribution in [0.1, 0.15) is 120 Å². The minimum absolute atomic E-state index is 0. The molecule has 0 bridgehead atoms. The number of nitrogens with one attached hydrogen (secondary N) is 2. The average Bonchev–Trinajstić information content (AvgIpc) is 2.80. The fourth-order valence-corrected chi connectivity index (χ4v) is 2.82. The van der Waals surface area contributed by atoms with E-state index in [1.165, 1.54) is 62.8 Å². The molecule has 3 nitrogen and oxygen atoms in total. The third kappa shape index (κ3) is 27.5. The van der Waals surface area contributed by atoms with Crippen molar-refractivity contribution in [3.63, 3.8) is 0 Å². The zero-order valence-electron chi connectivity index (χ0n) is 21.7. The normalized spacial score (nSPS) is 12.5. The van der Waals surface area contributed by atoms with Gasteiger partial charge in [0.1, 0.15) is 0 Å². The van der Waals surface area contributed by atoms with Crippen LogP contribution in [-0.2, 0) is 21.7 Å². The maximum absolute atomic E-state index is 5.61. The van der Waals surface area contributed by atoms with Crippen LogP contribution in [0.15, 0.2) is 23.5 Å². The molecule has 0 spiro atoms. The number of hydrogen-bond donors (Lipinski definition) is 2. The van der Waals surface area contributed by atoms with E-state index in [4.69, 9.17) is 4.74 Å². The van der Waals surface area contributed by atoms with Gasteiger partial charge >= 0.3 is 35.1 Å². The van der Waals surface area contributed by atoms with Gasteiger partial charge in [0, 0.05) is 26.4 Å². The number of likely N-dealkylation sites (N-methyl/N-ethyl adjacent to an activating group) is 1. The molecule has 0 fully saturated rings. The molecule has 0 radical (unpaired) electrons. The van der Waals surface area contributed by atoms with Crippen molar-refractivity contribution in [2.24, 2.45) is 0 Å². The van der Waals surface area contributed by atoms with Gasteiger partial charge in [0.05, 0.1) is 11.8 Å². The first-order valence-corrected chi connectivity index (χ1v) is 13.2. The summed E-state index contributed by atoms with van der Waals surface area (Å²) >= 11 is 2.41. The van der Waals surface area contributed by atoms with Crippen molar-refractivity contribution in [2.45, 2.75) is 126 Å². The Balaban J connectivity index is -0.000000313. The van der Waals surface area contributed by atoms with Crippen LogP contribution in [0.3, 0.4) is 0 Å². The van der Waals surface area contributed by atoms with Crippen LogP contribution in [0, 0.1) is 0 Å². The van der Waals surface area contributed by atoms with Gasteiger partial charge in [-0.25, -0.2) is 0 Å². The molecule has 1 rings (SSSR count). The number of allylic oxidation sites excluding steroid dienone is 3. The molecular weight excluding hydrogens is 419 g/mol. The van der Waals surface area contributed by atoms with Crippen LogP contribution < -0.4 is 10.6 Å². The molecule has 31 heavy (non-hydrogen) atoms. The van der Waals surface area contributed by atoms with Gasteiger partial charge in [-0.15, -0.1) is 0 Å². The van der Waals surface area contributed by atoms with E-state index in [-0.39, 0.29) is 7.43 Å². The Kier molecular flexibility index (Phi) is 41.6. The van der Waals surface area contributed by atoms with E-state index in [1.54, 1.807) is 0 Å². The molecule has 4 heteroatoms. The maximum atomic E-state index is 5.61. The monoisotopic (exact) mass is 477 g/mol. The molecule has 0 aromatic rings. The topological polar surface area (TPSA) is 33.3 Å². The summed E-state index contributed by atoms with van der Waals surface area (Å²) < 4.78 is 7.68. The van der Waals surface area contributed by atoms with E-state index < -0.39 is 0 Å². The second-order valence-corrected chi connectivity index (χ2v) is 7.73. The van der Waals surface area contributed by atoms with E-state index in [2.05, 4.69) is 72.2 Å². The number of hydrogen-bond acceptors (Lipinski definition) is 3. The summed E-state index contributed by atoms with van der Waals surface area (Å²) in [5, 5.41) is 6.84. The molecule has 0 amide bonds. The third-order valence-electron chi connectivity index (χ3n) is 4.39. The fraction of sp³-hybridized carbons (Fsp3) is 0.815. The predicted octanol–water partition coefficient (Wildman–Crippen LogP) is 7.95. The van der Waals surface area contributed by atoms with Gasteiger partial charge in [0.25, 0.3) is 0 Å².